The van der Waals surface area contributed by atoms with Crippen LogP contribution < -0.4 is 27.4 Å². The lowest BCUT2D eigenvalue weighted by molar-refractivity contribution is -0.132. The van der Waals surface area contributed by atoms with Crippen molar-refractivity contribution in [2.45, 2.75) is 58.8 Å². The summed E-state index contributed by atoms with van der Waals surface area (Å²) in [5.41, 5.74) is 11.0. The zero-order valence-electron chi connectivity index (χ0n) is 23.7. The SMILES string of the molecule is CCC=CCC=CCC=CCC=CCC=CCC=CCC(C(N)=O)[C@H](C)C(=O)NCCNCCNCCN. The maximum atomic E-state index is 12.4. The highest BCUT2D eigenvalue weighted by atomic mass is 16.2. The molecule has 0 aliphatic rings. The predicted octanol–water partition coefficient (Wildman–Crippen LogP) is 4.07. The summed E-state index contributed by atoms with van der Waals surface area (Å²) in [6, 6.07) is 0. The van der Waals surface area contributed by atoms with Crippen molar-refractivity contribution >= 4 is 11.8 Å². The minimum absolute atomic E-state index is 0.150. The van der Waals surface area contributed by atoms with Gasteiger partial charge in [0.05, 0.1) is 5.92 Å². The van der Waals surface area contributed by atoms with E-state index in [-0.39, 0.29) is 5.91 Å². The average molecular weight is 528 g/mol. The lowest BCUT2D eigenvalue weighted by Crippen LogP contribution is -2.41. The van der Waals surface area contributed by atoms with E-state index >= 15 is 0 Å². The van der Waals surface area contributed by atoms with Crippen molar-refractivity contribution < 1.29 is 9.59 Å². The van der Waals surface area contributed by atoms with Crippen LogP contribution in [-0.4, -0.2) is 51.1 Å². The molecule has 0 bridgehead atoms. The van der Waals surface area contributed by atoms with E-state index in [0.717, 1.165) is 58.2 Å². The van der Waals surface area contributed by atoms with Crippen LogP contribution in [0, 0.1) is 11.8 Å². The summed E-state index contributed by atoms with van der Waals surface area (Å²) in [5, 5.41) is 9.31. The number of nitrogens with two attached hydrogens (primary N) is 2. The van der Waals surface area contributed by atoms with Gasteiger partial charge in [-0.25, -0.2) is 0 Å². The molecular weight excluding hydrogens is 474 g/mol. The van der Waals surface area contributed by atoms with Crippen LogP contribution in [0.5, 0.6) is 0 Å². The first-order valence-electron chi connectivity index (χ1n) is 14.1. The number of nitrogens with one attached hydrogen (secondary N) is 3. The Morgan fingerprint density at radius 1 is 0.658 bits per heavy atom. The third kappa shape index (κ3) is 22.5. The van der Waals surface area contributed by atoms with Gasteiger partial charge in [-0.1, -0.05) is 86.8 Å². The van der Waals surface area contributed by atoms with Gasteiger partial charge in [0.1, 0.15) is 0 Å². The average Bonchev–Trinajstić information content (AvgIpc) is 2.90. The summed E-state index contributed by atoms with van der Waals surface area (Å²) >= 11 is 0. The van der Waals surface area contributed by atoms with Crippen molar-refractivity contribution in [2.24, 2.45) is 23.3 Å². The van der Waals surface area contributed by atoms with Gasteiger partial charge in [-0.05, 0) is 44.9 Å². The molecule has 7 nitrogen and oxygen atoms in total. The highest BCUT2D eigenvalue weighted by Gasteiger charge is 2.27. The van der Waals surface area contributed by atoms with Crippen molar-refractivity contribution in [3.05, 3.63) is 72.9 Å². The molecule has 0 spiro atoms. The van der Waals surface area contributed by atoms with Crippen LogP contribution in [-0.2, 0) is 9.59 Å². The lowest BCUT2D eigenvalue weighted by atomic mass is 9.89. The van der Waals surface area contributed by atoms with Crippen LogP contribution in [0.4, 0.5) is 0 Å². The lowest BCUT2D eigenvalue weighted by Gasteiger charge is -2.19. The monoisotopic (exact) mass is 527 g/mol. The van der Waals surface area contributed by atoms with Gasteiger partial charge in [0.2, 0.25) is 11.8 Å². The van der Waals surface area contributed by atoms with E-state index in [1.807, 2.05) is 12.2 Å². The first kappa shape index (κ1) is 35.3. The molecule has 0 aromatic carbocycles. The molecule has 0 aliphatic carbocycles. The number of hydrogen-bond donors (Lipinski definition) is 5. The molecule has 38 heavy (non-hydrogen) atoms. The van der Waals surface area contributed by atoms with Crippen LogP contribution in [0.25, 0.3) is 0 Å². The molecule has 2 amide bonds. The molecule has 0 heterocycles. The molecule has 1 unspecified atom stereocenters. The van der Waals surface area contributed by atoms with Gasteiger partial charge in [-0.15, -0.1) is 0 Å². The Labute approximate surface area is 231 Å². The van der Waals surface area contributed by atoms with E-state index in [2.05, 4.69) is 83.6 Å². The molecule has 0 rings (SSSR count). The van der Waals surface area contributed by atoms with Gasteiger partial charge >= 0.3 is 0 Å². The van der Waals surface area contributed by atoms with Gasteiger partial charge in [-0.3, -0.25) is 9.59 Å². The second kappa shape index (κ2) is 27.3. The van der Waals surface area contributed by atoms with E-state index in [1.165, 1.54) is 0 Å². The summed E-state index contributed by atoms with van der Waals surface area (Å²) in [4.78, 5) is 24.3. The third-order valence-electron chi connectivity index (χ3n) is 5.77. The van der Waals surface area contributed by atoms with Crippen molar-refractivity contribution in [1.82, 2.24) is 16.0 Å². The molecule has 0 aromatic heterocycles. The fourth-order valence-corrected chi connectivity index (χ4v) is 3.48. The summed E-state index contributed by atoms with van der Waals surface area (Å²) in [5.74, 6) is -1.59. The fourth-order valence-electron chi connectivity index (χ4n) is 3.48. The van der Waals surface area contributed by atoms with E-state index in [9.17, 15) is 9.59 Å². The van der Waals surface area contributed by atoms with Crippen LogP contribution >= 0.6 is 0 Å². The number of rotatable bonds is 24. The van der Waals surface area contributed by atoms with E-state index < -0.39 is 17.7 Å². The highest BCUT2D eigenvalue weighted by Crippen LogP contribution is 2.16. The minimum atomic E-state index is -0.520. The van der Waals surface area contributed by atoms with E-state index in [4.69, 9.17) is 11.5 Å². The minimum Gasteiger partial charge on any atom is -0.369 e. The molecule has 7 heteroatoms. The number of carbonyl (C=O) groups excluding carboxylic acids is 2. The molecule has 0 aromatic rings. The number of amides is 2. The van der Waals surface area contributed by atoms with Gasteiger partial charge in [-0.2, -0.15) is 0 Å². The second-order valence-corrected chi connectivity index (χ2v) is 9.03. The standard InChI is InChI=1S/C31H53N5O2/c1-3-4-5-6-7-8-9-10-11-12-13-14-15-16-17-18-19-20-21-29(30(33)37)28(2)31(38)36-27-26-35-25-24-34-23-22-32/h4-5,7-8,10-11,13-14,16-17,19-20,28-29,34-35H,3,6,9,12,15,18,21-27,32H2,1-2H3,(H2,33,37)(H,36,38)/t28-,29?/m0/s1. The van der Waals surface area contributed by atoms with Crippen LogP contribution in [0.15, 0.2) is 72.9 Å². The summed E-state index contributed by atoms with van der Waals surface area (Å²) < 4.78 is 0. The zero-order chi connectivity index (χ0) is 28.1. The largest absolute Gasteiger partial charge is 0.369 e. The zero-order valence-corrected chi connectivity index (χ0v) is 23.7. The molecule has 0 radical (unpaired) electrons. The number of carbonyl (C=O) groups is 2. The Balaban J connectivity index is 4.05. The Bertz CT molecular complexity index is 768. The number of primary amides is 1. The highest BCUT2D eigenvalue weighted by molar-refractivity contribution is 5.86. The van der Waals surface area contributed by atoms with E-state index in [0.29, 0.717) is 26.1 Å². The van der Waals surface area contributed by atoms with Gasteiger partial charge in [0.25, 0.3) is 0 Å². The Hall–Kier alpha value is -2.74. The number of hydrogen-bond acceptors (Lipinski definition) is 5. The molecular formula is C31H53N5O2. The maximum absolute atomic E-state index is 12.4. The fraction of sp³-hybridized carbons (Fsp3) is 0.548. The molecule has 0 aliphatic heterocycles. The normalized spacial score (nSPS) is 14.2. The Morgan fingerprint density at radius 2 is 1.08 bits per heavy atom. The van der Waals surface area contributed by atoms with Crippen molar-refractivity contribution in [3.8, 4) is 0 Å². The molecule has 214 valence electrons. The smallest absolute Gasteiger partial charge is 0.223 e. The Morgan fingerprint density at radius 3 is 1.53 bits per heavy atom. The molecule has 2 atom stereocenters. The van der Waals surface area contributed by atoms with Crippen molar-refractivity contribution in [3.63, 3.8) is 0 Å². The van der Waals surface area contributed by atoms with Gasteiger partial charge in [0, 0.05) is 45.2 Å². The maximum Gasteiger partial charge on any atom is 0.223 e. The summed E-state index contributed by atoms with van der Waals surface area (Å²) in [6.07, 6.45) is 31.8. The molecule has 7 N–H and O–H groups in total. The summed E-state index contributed by atoms with van der Waals surface area (Å²) in [7, 11) is 0. The van der Waals surface area contributed by atoms with Crippen LogP contribution in [0.3, 0.4) is 0 Å². The first-order valence-corrected chi connectivity index (χ1v) is 14.1. The van der Waals surface area contributed by atoms with Gasteiger partial charge < -0.3 is 27.4 Å². The van der Waals surface area contributed by atoms with Crippen LogP contribution in [0.2, 0.25) is 0 Å². The topological polar surface area (TPSA) is 122 Å². The molecule has 0 saturated heterocycles. The molecule has 0 fully saturated rings. The Kier molecular flexibility index (Phi) is 25.3. The quantitative estimate of drug-likeness (QED) is 0.0957. The third-order valence-corrected chi connectivity index (χ3v) is 5.77. The van der Waals surface area contributed by atoms with Crippen LogP contribution in [0.1, 0.15) is 58.8 Å². The first-order chi connectivity index (χ1) is 18.5. The van der Waals surface area contributed by atoms with Crippen molar-refractivity contribution in [2.75, 3.05) is 39.3 Å². The molecule has 0 saturated carbocycles. The van der Waals surface area contributed by atoms with Gasteiger partial charge in [0.15, 0.2) is 0 Å². The second-order valence-electron chi connectivity index (χ2n) is 9.03. The number of allylic oxidation sites excluding steroid dienone is 12. The van der Waals surface area contributed by atoms with Crippen molar-refractivity contribution in [1.29, 1.82) is 0 Å². The predicted molar refractivity (Wildman–Crippen MR) is 162 cm³/mol. The van der Waals surface area contributed by atoms with E-state index in [1.54, 1.807) is 6.92 Å². The summed E-state index contributed by atoms with van der Waals surface area (Å²) in [6.45, 7) is 8.12.